The number of piperidine rings is 1. The van der Waals surface area contributed by atoms with Crippen LogP contribution in [0.25, 0.3) is 0 Å². The van der Waals surface area contributed by atoms with E-state index in [1.165, 1.54) is 0 Å². The van der Waals surface area contributed by atoms with E-state index >= 15 is 0 Å². The Bertz CT molecular complexity index is 1410. The van der Waals surface area contributed by atoms with E-state index < -0.39 is 50.1 Å². The minimum Gasteiger partial charge on any atom is -0.347 e. The molecule has 3 aliphatic heterocycles. The number of carbonyl (C=O) groups excluding carboxylic acids is 5. The Hall–Kier alpha value is -2.10. The summed E-state index contributed by atoms with van der Waals surface area (Å²) in [7, 11) is -3.24. The van der Waals surface area contributed by atoms with Crippen molar-refractivity contribution in [1.82, 2.24) is 10.2 Å². The molecule has 6 aliphatic rings. The van der Waals surface area contributed by atoms with Crippen LogP contribution in [0.15, 0.2) is 0 Å². The van der Waals surface area contributed by atoms with Gasteiger partial charge in [0.05, 0.1) is 17.0 Å². The molecule has 0 unspecified atom stereocenters. The summed E-state index contributed by atoms with van der Waals surface area (Å²) >= 11 is 0. The molecule has 0 bridgehead atoms. The zero-order valence-corrected chi connectivity index (χ0v) is 31.5. The first-order valence-corrected chi connectivity index (χ1v) is 22.0. The Morgan fingerprint density at radius 3 is 2.04 bits per heavy atom. The lowest BCUT2D eigenvalue weighted by Gasteiger charge is -2.41. The highest BCUT2D eigenvalue weighted by molar-refractivity contribution is 7.92. The monoisotopic (exact) mass is 714 g/mol. The summed E-state index contributed by atoms with van der Waals surface area (Å²) in [6.45, 7) is 4.77. The zero-order valence-electron chi connectivity index (χ0n) is 30.7. The van der Waals surface area contributed by atoms with Crippen LogP contribution in [0, 0.1) is 34.5 Å². The molecule has 3 saturated carbocycles. The van der Waals surface area contributed by atoms with Crippen LogP contribution in [0.4, 0.5) is 0 Å². The van der Waals surface area contributed by atoms with Crippen molar-refractivity contribution in [3.8, 4) is 0 Å². The van der Waals surface area contributed by atoms with Crippen LogP contribution in [0.3, 0.4) is 0 Å². The number of carbonyl (C=O) groups is 5. The number of sulfone groups is 1. The summed E-state index contributed by atoms with van der Waals surface area (Å²) in [5.74, 6) is -2.20. The van der Waals surface area contributed by atoms with Gasteiger partial charge in [0, 0.05) is 43.7 Å². The lowest BCUT2D eigenvalue weighted by atomic mass is 9.67. The summed E-state index contributed by atoms with van der Waals surface area (Å²) in [6, 6.07) is -0.589. The van der Waals surface area contributed by atoms with Crippen LogP contribution in [0.1, 0.15) is 155 Å². The lowest BCUT2D eigenvalue weighted by molar-refractivity contribution is -0.146. The van der Waals surface area contributed by atoms with Gasteiger partial charge in [0.25, 0.3) is 5.91 Å². The molecule has 3 saturated heterocycles. The first-order chi connectivity index (χ1) is 23.8. The van der Waals surface area contributed by atoms with Crippen LogP contribution in [0.5, 0.6) is 0 Å². The van der Waals surface area contributed by atoms with Crippen molar-refractivity contribution >= 4 is 39.0 Å². The number of ketones is 3. The van der Waals surface area contributed by atoms with Crippen molar-refractivity contribution in [3.05, 3.63) is 0 Å². The van der Waals surface area contributed by atoms with E-state index in [9.17, 15) is 32.4 Å². The van der Waals surface area contributed by atoms with Gasteiger partial charge in [-0.15, -0.1) is 0 Å². The molecular formula is C40H62N2O7S. The van der Waals surface area contributed by atoms with Crippen molar-refractivity contribution in [2.45, 2.75) is 172 Å². The summed E-state index contributed by atoms with van der Waals surface area (Å²) in [6.07, 6.45) is 16.7. The van der Waals surface area contributed by atoms with Gasteiger partial charge in [-0.2, -0.15) is 0 Å². The number of nitrogens with zero attached hydrogens (tertiary/aromatic N) is 1. The summed E-state index contributed by atoms with van der Waals surface area (Å²) in [4.78, 5) is 71.1. The Morgan fingerprint density at radius 1 is 0.800 bits per heavy atom. The van der Waals surface area contributed by atoms with E-state index in [0.29, 0.717) is 32.2 Å². The second-order valence-electron chi connectivity index (χ2n) is 17.8. The van der Waals surface area contributed by atoms with Crippen LogP contribution in [0.2, 0.25) is 0 Å². The van der Waals surface area contributed by atoms with Crippen LogP contribution in [-0.4, -0.2) is 72.1 Å². The molecule has 50 heavy (non-hydrogen) atoms. The molecule has 280 valence electrons. The van der Waals surface area contributed by atoms with E-state index in [-0.39, 0.29) is 65.8 Å². The average Bonchev–Trinajstić information content (AvgIpc) is 3.85. The summed E-state index contributed by atoms with van der Waals surface area (Å²) < 4.78 is 26.3. The maximum Gasteiger partial charge on any atom is 0.287 e. The van der Waals surface area contributed by atoms with Gasteiger partial charge in [-0.25, -0.2) is 8.42 Å². The number of Topliss-reactive ketones (excluding diaryl/α,β-unsaturated/α-hetero) is 3. The largest absolute Gasteiger partial charge is 0.347 e. The molecule has 1 N–H and O–H groups in total. The molecule has 3 aliphatic carbocycles. The molecule has 2 amide bonds. The molecule has 9 nitrogen and oxygen atoms in total. The van der Waals surface area contributed by atoms with Gasteiger partial charge in [-0.1, -0.05) is 84.5 Å². The molecule has 0 aromatic rings. The first-order valence-electron chi connectivity index (χ1n) is 20.3. The fourth-order valence-electron chi connectivity index (χ4n) is 10.7. The molecule has 0 aromatic carbocycles. The third kappa shape index (κ3) is 8.25. The Kier molecular flexibility index (Phi) is 11.7. The van der Waals surface area contributed by atoms with Gasteiger partial charge in [0.2, 0.25) is 11.7 Å². The topological polar surface area (TPSA) is 135 Å². The predicted octanol–water partition coefficient (Wildman–Crippen LogP) is 6.30. The number of fused-ring (bicyclic) bond motifs is 3. The van der Waals surface area contributed by atoms with E-state index in [2.05, 4.69) is 19.2 Å². The molecule has 6 rings (SSSR count). The van der Waals surface area contributed by atoms with Crippen molar-refractivity contribution in [1.29, 1.82) is 0 Å². The highest BCUT2D eigenvalue weighted by atomic mass is 32.2. The maximum atomic E-state index is 14.6. The fourth-order valence-corrected chi connectivity index (χ4v) is 13.2. The van der Waals surface area contributed by atoms with E-state index in [1.807, 2.05) is 0 Å². The van der Waals surface area contributed by atoms with Gasteiger partial charge in [-0.3, -0.25) is 24.0 Å². The minimum atomic E-state index is -3.24. The second-order valence-corrected chi connectivity index (χ2v) is 20.1. The second kappa shape index (κ2) is 15.5. The first kappa shape index (κ1) is 37.7. The highest BCUT2D eigenvalue weighted by Gasteiger charge is 2.69. The van der Waals surface area contributed by atoms with Gasteiger partial charge in [0.1, 0.15) is 5.78 Å². The van der Waals surface area contributed by atoms with Crippen molar-refractivity contribution in [2.24, 2.45) is 34.5 Å². The van der Waals surface area contributed by atoms with Gasteiger partial charge < -0.3 is 10.2 Å². The third-order valence-corrected chi connectivity index (χ3v) is 16.3. The van der Waals surface area contributed by atoms with Crippen molar-refractivity contribution in [2.75, 3.05) is 12.3 Å². The van der Waals surface area contributed by atoms with Crippen molar-refractivity contribution in [3.63, 3.8) is 0 Å². The Labute approximate surface area is 300 Å². The minimum absolute atomic E-state index is 0.00603. The highest BCUT2D eigenvalue weighted by Crippen LogP contribution is 2.65. The number of amides is 2. The molecular weight excluding hydrogens is 653 g/mol. The molecule has 6 fully saturated rings. The molecule has 6 atom stereocenters. The standard InChI is InChI=1S/C40H62N2O7S/c1-39(2)31-26-42-35(34(31)39)32(44)24-27(36(45)37(46)41-29-18-19-29)15-10-7-5-3-4-6-8-11-16-28(38(42)47)23-30(43)25-40(20-12-9-13-21-40)33-17-14-22-50(33,48)49/h27-29,31,33-35H,3-26H2,1-2H3,(H,41,46)/t27-,28-,31+,33-,34+,35-/m1/s1. The number of hydrogen-bond donors (Lipinski definition) is 1. The number of rotatable bonds is 8. The smallest absolute Gasteiger partial charge is 0.287 e. The van der Waals surface area contributed by atoms with Gasteiger partial charge in [-0.05, 0) is 74.0 Å². The van der Waals surface area contributed by atoms with Gasteiger partial charge in [0.15, 0.2) is 15.6 Å². The number of nitrogens with one attached hydrogen (secondary N) is 1. The van der Waals surface area contributed by atoms with Crippen LogP contribution in [-0.2, 0) is 33.8 Å². The predicted molar refractivity (Wildman–Crippen MR) is 192 cm³/mol. The summed E-state index contributed by atoms with van der Waals surface area (Å²) in [5, 5.41) is 2.36. The lowest BCUT2D eigenvalue weighted by Crippen LogP contribution is -2.49. The molecule has 0 aromatic heterocycles. The third-order valence-electron chi connectivity index (χ3n) is 13.9. The van der Waals surface area contributed by atoms with Gasteiger partial charge >= 0.3 is 0 Å². The van der Waals surface area contributed by atoms with Crippen LogP contribution >= 0.6 is 0 Å². The summed E-state index contributed by atoms with van der Waals surface area (Å²) in [5.41, 5.74) is -0.625. The zero-order chi connectivity index (χ0) is 35.7. The Morgan fingerprint density at radius 2 is 1.42 bits per heavy atom. The average molecular weight is 715 g/mol. The molecule has 0 spiro atoms. The molecule has 10 heteroatoms. The molecule has 0 radical (unpaired) electrons. The van der Waals surface area contributed by atoms with Crippen LogP contribution < -0.4 is 5.32 Å². The van der Waals surface area contributed by atoms with Crippen molar-refractivity contribution < 1.29 is 32.4 Å². The van der Waals surface area contributed by atoms with E-state index in [4.69, 9.17) is 0 Å². The normalized spacial score (nSPS) is 34.6. The van der Waals surface area contributed by atoms with E-state index in [1.54, 1.807) is 4.90 Å². The quantitative estimate of drug-likeness (QED) is 0.292. The number of hydrogen-bond acceptors (Lipinski definition) is 7. The SMILES string of the molecule is CC1(C)[C@@H]2[C@H]3C(=O)C[C@H](C(=O)C(=O)NC4CC4)CCCCCCCCCC[C@H](CC(=O)CC4([C@H]5CCCS5(=O)=O)CCCCC4)C(=O)N3C[C@@H]21. The Balaban J connectivity index is 1.22. The maximum absolute atomic E-state index is 14.6. The van der Waals surface area contributed by atoms with E-state index in [0.717, 1.165) is 96.3 Å². The fraction of sp³-hybridized carbons (Fsp3) is 0.875. The molecule has 3 heterocycles.